The minimum absolute atomic E-state index is 0.00140. The third-order valence-corrected chi connectivity index (χ3v) is 20.6. The number of aliphatic carboxylic acids is 1. The van der Waals surface area contributed by atoms with E-state index in [4.69, 9.17) is 9.84 Å². The lowest BCUT2D eigenvalue weighted by Crippen LogP contribution is -2.49. The first-order valence-electron chi connectivity index (χ1n) is 30.1. The van der Waals surface area contributed by atoms with Gasteiger partial charge in [-0.15, -0.1) is 0 Å². The number of nitrogens with one attached hydrogen (secondary N) is 4. The monoisotopic (exact) mass is 1350 g/mol. The Labute approximate surface area is 534 Å². The Morgan fingerprint density at radius 3 is 1.12 bits per heavy atom. The van der Waals surface area contributed by atoms with Crippen molar-refractivity contribution in [2.45, 2.75) is 172 Å². The summed E-state index contributed by atoms with van der Waals surface area (Å²) in [4.78, 5) is 50.5. The van der Waals surface area contributed by atoms with Crippen molar-refractivity contribution in [3.63, 3.8) is 0 Å². The molecule has 506 valence electrons. The zero-order chi connectivity index (χ0) is 67.7. The molecular formula is C64H85F9N6O9S3. The van der Waals surface area contributed by atoms with Gasteiger partial charge in [0.1, 0.15) is 36.9 Å². The van der Waals surface area contributed by atoms with Gasteiger partial charge in [0.25, 0.3) is 0 Å². The highest BCUT2D eigenvalue weighted by molar-refractivity contribution is 7.85. The maximum atomic E-state index is 14.4. The average molecular weight is 1350 g/mol. The van der Waals surface area contributed by atoms with Crippen LogP contribution in [0.3, 0.4) is 0 Å². The molecule has 3 fully saturated rings. The van der Waals surface area contributed by atoms with Gasteiger partial charge in [0, 0.05) is 62.5 Å². The molecule has 2 amide bonds. The number of rotatable bonds is 21. The molecule has 3 aliphatic rings. The van der Waals surface area contributed by atoms with Crippen LogP contribution in [-0.2, 0) is 82.7 Å². The Balaban J connectivity index is 0.000000254. The number of esters is 1. The summed E-state index contributed by atoms with van der Waals surface area (Å²) in [5, 5.41) is 12.0. The van der Waals surface area contributed by atoms with Crippen LogP contribution in [0.25, 0.3) is 0 Å². The summed E-state index contributed by atoms with van der Waals surface area (Å²) in [7, 11) is -4.29. The number of hydrogen-bond acceptors (Lipinski definition) is 9. The molecule has 0 saturated carbocycles. The molecule has 4 aromatic carbocycles. The van der Waals surface area contributed by atoms with Gasteiger partial charge in [-0.3, -0.25) is 19.2 Å². The van der Waals surface area contributed by atoms with Crippen LogP contribution in [0.1, 0.15) is 136 Å². The number of benzene rings is 4. The largest absolute Gasteiger partial charge is 0.481 e. The zero-order valence-corrected chi connectivity index (χ0v) is 55.2. The summed E-state index contributed by atoms with van der Waals surface area (Å²) in [5.41, 5.74) is 0.896. The molecule has 3 aliphatic heterocycles. The molecule has 4 aromatic rings. The second-order valence-corrected chi connectivity index (χ2v) is 31.9. The molecule has 3 saturated heterocycles. The molecule has 7 rings (SSSR count). The zero-order valence-electron chi connectivity index (χ0n) is 52.8. The number of carbonyl (C=O) groups is 4. The molecule has 6 atom stereocenters. The van der Waals surface area contributed by atoms with Crippen LogP contribution in [0.5, 0.6) is 0 Å². The maximum Gasteiger partial charge on any atom is 0.315 e. The molecule has 0 aliphatic carbocycles. The molecular weight excluding hydrogens is 1260 g/mol. The Hall–Kier alpha value is -5.58. The van der Waals surface area contributed by atoms with E-state index in [1.165, 1.54) is 4.90 Å². The Kier molecular flexibility index (Phi) is 28.9. The standard InChI is InChI=1S/C27H33F3N2O4S.C20H27F3N2O4S.C17H25F3N2OS/c1-27(2,3)37(35)31-24(14-20-13-22(29)23(30)15-21(20)28)19-9-11-32(12-10-19)25(33)16-26(34)36-17-18-7-5-4-6-8-18;1-20(2,3)30(29)24-17(9-13-8-15(22)16(23)10-14(13)21)12-4-6-25(7-5-12)18(26)11-19(27)28;1-17(2,3)24(23)22-16(11-4-6-21-7-5-11)9-12-8-14(19)15(20)10-13(12)18/h4-8,13,15,19,24,31H,9-12,14,16-17H2,1-3H3;8,10,12,17,24H,4-7,9,11H2,1-3H3,(H,27,28);8,10-11,16,21-22H,4-7,9H2,1-3H3/t24-,37+;17-,30+;16-,24+/m111/s1. The molecule has 5 N–H and O–H groups in total. The first-order chi connectivity index (χ1) is 42.5. The molecule has 3 heterocycles. The van der Waals surface area contributed by atoms with Gasteiger partial charge < -0.3 is 25.0 Å². The van der Waals surface area contributed by atoms with E-state index >= 15 is 0 Å². The molecule has 0 radical (unpaired) electrons. The maximum absolute atomic E-state index is 14.4. The number of carbonyl (C=O) groups excluding carboxylic acids is 3. The van der Waals surface area contributed by atoms with E-state index in [1.54, 1.807) is 46.4 Å². The SMILES string of the molecule is CC(C)(C)[S@](=O)N[C@H](Cc1cc(F)c(F)cc1F)C1CCN(C(=O)CC(=O)O)CC1.CC(C)(C)[S@](=O)N[C@H](Cc1cc(F)c(F)cc1F)C1CCN(C(=O)CC(=O)OCc2ccccc2)CC1.CC(C)(C)[S@](=O)N[C@H](Cc1cc(F)c(F)cc1F)C1CCNCC1. The van der Waals surface area contributed by atoms with Crippen molar-refractivity contribution in [1.82, 2.24) is 29.3 Å². The Morgan fingerprint density at radius 2 is 0.802 bits per heavy atom. The van der Waals surface area contributed by atoms with Crippen LogP contribution >= 0.6 is 0 Å². The van der Waals surface area contributed by atoms with Gasteiger partial charge in [-0.05, 0) is 191 Å². The number of carboxylic acid groups (broad SMARTS) is 1. The normalized spacial score (nSPS) is 17.5. The molecule has 0 bridgehead atoms. The highest BCUT2D eigenvalue weighted by atomic mass is 32.2. The van der Waals surface area contributed by atoms with Crippen LogP contribution in [0.15, 0.2) is 66.7 Å². The quantitative estimate of drug-likeness (QED) is 0.0231. The fourth-order valence-electron chi connectivity index (χ4n) is 10.3. The van der Waals surface area contributed by atoms with E-state index in [2.05, 4.69) is 19.5 Å². The molecule has 0 unspecified atom stereocenters. The summed E-state index contributed by atoms with van der Waals surface area (Å²) in [5.74, 6) is -12.3. The van der Waals surface area contributed by atoms with Gasteiger partial charge >= 0.3 is 11.9 Å². The number of ether oxygens (including phenoxy) is 1. The van der Waals surface area contributed by atoms with Gasteiger partial charge in [-0.25, -0.2) is 66.3 Å². The van der Waals surface area contributed by atoms with E-state index < -0.39 is 136 Å². The highest BCUT2D eigenvalue weighted by Crippen LogP contribution is 2.30. The number of carboxylic acids is 1. The van der Waals surface area contributed by atoms with Crippen LogP contribution in [-0.4, -0.2) is 123 Å². The summed E-state index contributed by atoms with van der Waals surface area (Å²) in [6.07, 6.45) is 2.95. The van der Waals surface area contributed by atoms with Gasteiger partial charge in [0.05, 0.1) is 47.2 Å². The van der Waals surface area contributed by atoms with Crippen molar-refractivity contribution < 1.29 is 81.2 Å². The summed E-state index contributed by atoms with van der Waals surface area (Å²) >= 11 is 0. The van der Waals surface area contributed by atoms with E-state index in [0.29, 0.717) is 70.1 Å². The van der Waals surface area contributed by atoms with Crippen LogP contribution < -0.4 is 19.5 Å². The van der Waals surface area contributed by atoms with E-state index in [1.807, 2.05) is 51.1 Å². The number of piperidine rings is 3. The van der Waals surface area contributed by atoms with Gasteiger partial charge in [-0.1, -0.05) is 30.3 Å². The van der Waals surface area contributed by atoms with Crippen molar-refractivity contribution in [2.75, 3.05) is 39.3 Å². The number of hydrogen-bond donors (Lipinski definition) is 5. The van der Waals surface area contributed by atoms with Crippen LogP contribution in [0.2, 0.25) is 0 Å². The second kappa shape index (κ2) is 34.5. The molecule has 15 nitrogen and oxygen atoms in total. The fourth-order valence-corrected chi connectivity index (χ4v) is 13.1. The Morgan fingerprint density at radius 1 is 0.495 bits per heavy atom. The van der Waals surface area contributed by atoms with Gasteiger partial charge in [0.2, 0.25) is 11.8 Å². The summed E-state index contributed by atoms with van der Waals surface area (Å²) in [6, 6.07) is 12.0. The van der Waals surface area contributed by atoms with Crippen LogP contribution in [0.4, 0.5) is 39.5 Å². The lowest BCUT2D eigenvalue weighted by atomic mass is 9.86. The lowest BCUT2D eigenvalue weighted by molar-refractivity contribution is -0.151. The molecule has 91 heavy (non-hydrogen) atoms. The number of amides is 2. The number of likely N-dealkylation sites (tertiary alicyclic amines) is 2. The fraction of sp³-hybridized carbons (Fsp3) is 0.562. The minimum Gasteiger partial charge on any atom is -0.481 e. The third-order valence-electron chi connectivity index (χ3n) is 15.7. The second-order valence-electron chi connectivity index (χ2n) is 25.9. The minimum atomic E-state index is -1.48. The smallest absolute Gasteiger partial charge is 0.315 e. The van der Waals surface area contributed by atoms with Crippen molar-refractivity contribution in [3.05, 3.63) is 141 Å². The molecule has 0 aromatic heterocycles. The molecule has 0 spiro atoms. The predicted octanol–water partition coefficient (Wildman–Crippen LogP) is 10.3. The topological polar surface area (TPSA) is 204 Å². The molecule has 27 heteroatoms. The van der Waals surface area contributed by atoms with Crippen molar-refractivity contribution in [1.29, 1.82) is 0 Å². The number of nitrogens with zero attached hydrogens (tertiary/aromatic N) is 2. The van der Waals surface area contributed by atoms with E-state index in [-0.39, 0.29) is 78.7 Å². The van der Waals surface area contributed by atoms with Crippen molar-refractivity contribution in [3.8, 4) is 0 Å². The summed E-state index contributed by atoms with van der Waals surface area (Å²) in [6.45, 7) is 19.4. The third kappa shape index (κ3) is 24.4. The van der Waals surface area contributed by atoms with E-state index in [0.717, 1.165) is 49.7 Å². The van der Waals surface area contributed by atoms with E-state index in [9.17, 15) is 71.3 Å². The Bertz CT molecular complexity index is 3190. The summed E-state index contributed by atoms with van der Waals surface area (Å²) < 4.78 is 174. The number of halogens is 9. The lowest BCUT2D eigenvalue weighted by Gasteiger charge is -2.37. The highest BCUT2D eigenvalue weighted by Gasteiger charge is 2.36. The van der Waals surface area contributed by atoms with Crippen molar-refractivity contribution >= 4 is 56.7 Å². The predicted molar refractivity (Wildman–Crippen MR) is 332 cm³/mol. The van der Waals surface area contributed by atoms with Crippen molar-refractivity contribution in [2.24, 2.45) is 17.8 Å². The van der Waals surface area contributed by atoms with Crippen LogP contribution in [0, 0.1) is 70.1 Å². The first kappa shape index (κ1) is 76.1. The van der Waals surface area contributed by atoms with Gasteiger partial charge in [-0.2, -0.15) is 0 Å². The average Bonchev–Trinajstić information content (AvgIpc) is 1.84. The first-order valence-corrected chi connectivity index (χ1v) is 33.6. The van der Waals surface area contributed by atoms with Gasteiger partial charge in [0.15, 0.2) is 34.9 Å².